The van der Waals surface area contributed by atoms with Gasteiger partial charge >= 0.3 is 0 Å². The van der Waals surface area contributed by atoms with E-state index in [1.54, 1.807) is 19.0 Å². The van der Waals surface area contributed by atoms with Crippen LogP contribution in [0.2, 0.25) is 0 Å². The van der Waals surface area contributed by atoms with E-state index in [9.17, 15) is 9.59 Å². The minimum atomic E-state index is -0.235. The van der Waals surface area contributed by atoms with E-state index < -0.39 is 0 Å². The fourth-order valence-electron chi connectivity index (χ4n) is 5.21. The van der Waals surface area contributed by atoms with Gasteiger partial charge < -0.3 is 14.5 Å². The van der Waals surface area contributed by atoms with Gasteiger partial charge in [0.2, 0.25) is 5.91 Å². The zero-order valence-corrected chi connectivity index (χ0v) is 18.1. The predicted molar refractivity (Wildman–Crippen MR) is 109 cm³/mol. The van der Waals surface area contributed by atoms with Crippen LogP contribution in [0.1, 0.15) is 73.1 Å². The highest BCUT2D eigenvalue weighted by Gasteiger charge is 2.42. The van der Waals surface area contributed by atoms with E-state index in [1.165, 1.54) is 25.7 Å². The number of aryl methyl sites for hydroxylation is 1. The summed E-state index contributed by atoms with van der Waals surface area (Å²) >= 11 is 0. The third kappa shape index (κ3) is 4.06. The molecule has 2 aliphatic heterocycles. The summed E-state index contributed by atoms with van der Waals surface area (Å²) in [5.41, 5.74) is 2.29. The lowest BCUT2D eigenvalue weighted by Gasteiger charge is -2.44. The predicted octanol–water partition coefficient (Wildman–Crippen LogP) is 2.53. The first-order valence-electron chi connectivity index (χ1n) is 11.1. The summed E-state index contributed by atoms with van der Waals surface area (Å²) in [6, 6.07) is 0. The summed E-state index contributed by atoms with van der Waals surface area (Å²) in [5.74, 6) is 0.992. The second-order valence-electron chi connectivity index (χ2n) is 9.32. The molecule has 1 saturated heterocycles. The molecule has 2 amide bonds. The number of amides is 2. The van der Waals surface area contributed by atoms with Gasteiger partial charge in [-0.3, -0.25) is 14.3 Å². The highest BCUT2D eigenvalue weighted by molar-refractivity contribution is 5.93. The first-order valence-corrected chi connectivity index (χ1v) is 11.1. The molecular weight excluding hydrogens is 368 g/mol. The molecule has 1 saturated carbocycles. The Balaban J connectivity index is 1.36. The lowest BCUT2D eigenvalue weighted by atomic mass is 9.83. The van der Waals surface area contributed by atoms with E-state index in [0.717, 1.165) is 55.9 Å². The van der Waals surface area contributed by atoms with Crippen LogP contribution in [0.25, 0.3) is 0 Å². The summed E-state index contributed by atoms with van der Waals surface area (Å²) in [6.45, 7) is 1.95. The van der Waals surface area contributed by atoms with Gasteiger partial charge in [-0.25, -0.2) is 0 Å². The topological polar surface area (TPSA) is 67.7 Å². The zero-order valence-electron chi connectivity index (χ0n) is 18.1. The molecule has 1 spiro atoms. The third-order valence-corrected chi connectivity index (χ3v) is 7.16. The summed E-state index contributed by atoms with van der Waals surface area (Å²) < 4.78 is 8.17. The number of likely N-dealkylation sites (tertiary alicyclic amines) is 1. The molecular formula is C22H34N4O3. The van der Waals surface area contributed by atoms with Crippen LogP contribution in [-0.4, -0.2) is 64.2 Å². The number of nitrogens with zero attached hydrogens (tertiary/aromatic N) is 4. The summed E-state index contributed by atoms with van der Waals surface area (Å²) in [4.78, 5) is 28.7. The fourth-order valence-corrected chi connectivity index (χ4v) is 5.21. The standard InChI is InChI=1S/C22H34N4O3/c1-24(2)21(28)20-17-15-29-22(14-18(17)25(3)23-20)10-12-26(13-11-22)19(27)9-8-16-6-4-5-7-16/h16H,4-15H2,1-3H3. The van der Waals surface area contributed by atoms with Gasteiger partial charge in [0, 0.05) is 58.3 Å². The zero-order chi connectivity index (χ0) is 20.6. The van der Waals surface area contributed by atoms with Crippen LogP contribution in [0, 0.1) is 5.92 Å². The Morgan fingerprint density at radius 1 is 1.21 bits per heavy atom. The molecule has 1 aromatic heterocycles. The number of carbonyl (C=O) groups is 2. The van der Waals surface area contributed by atoms with Crippen molar-refractivity contribution in [1.82, 2.24) is 19.6 Å². The molecule has 0 radical (unpaired) electrons. The third-order valence-electron chi connectivity index (χ3n) is 7.16. The average Bonchev–Trinajstić information content (AvgIpc) is 3.34. The quantitative estimate of drug-likeness (QED) is 0.776. The Morgan fingerprint density at radius 3 is 2.55 bits per heavy atom. The summed E-state index contributed by atoms with van der Waals surface area (Å²) in [5, 5.41) is 4.48. The summed E-state index contributed by atoms with van der Waals surface area (Å²) in [7, 11) is 5.40. The van der Waals surface area contributed by atoms with Crippen molar-refractivity contribution in [2.45, 2.75) is 70.0 Å². The van der Waals surface area contributed by atoms with Crippen LogP contribution in [0.3, 0.4) is 0 Å². The van der Waals surface area contributed by atoms with Crippen molar-refractivity contribution in [2.75, 3.05) is 27.2 Å². The number of hydrogen-bond donors (Lipinski definition) is 0. The molecule has 2 fully saturated rings. The molecule has 7 heteroatoms. The van der Waals surface area contributed by atoms with Crippen molar-refractivity contribution in [3.8, 4) is 0 Å². The van der Waals surface area contributed by atoms with Crippen molar-refractivity contribution in [1.29, 1.82) is 0 Å². The lowest BCUT2D eigenvalue weighted by Crippen LogP contribution is -2.50. The molecule has 29 heavy (non-hydrogen) atoms. The number of rotatable bonds is 4. The van der Waals surface area contributed by atoms with Crippen molar-refractivity contribution in [2.24, 2.45) is 13.0 Å². The molecule has 3 heterocycles. The van der Waals surface area contributed by atoms with Crippen LogP contribution < -0.4 is 0 Å². The Morgan fingerprint density at radius 2 is 1.90 bits per heavy atom. The van der Waals surface area contributed by atoms with E-state index in [4.69, 9.17) is 4.74 Å². The maximum absolute atomic E-state index is 12.6. The van der Waals surface area contributed by atoms with Gasteiger partial charge in [0.15, 0.2) is 5.69 Å². The van der Waals surface area contributed by atoms with E-state index in [0.29, 0.717) is 24.6 Å². The Labute approximate surface area is 173 Å². The van der Waals surface area contributed by atoms with Gasteiger partial charge in [0.25, 0.3) is 5.91 Å². The number of aromatic nitrogens is 2. The van der Waals surface area contributed by atoms with Crippen LogP contribution in [0.4, 0.5) is 0 Å². The molecule has 1 aliphatic carbocycles. The van der Waals surface area contributed by atoms with E-state index in [-0.39, 0.29) is 11.5 Å². The molecule has 0 atom stereocenters. The van der Waals surface area contributed by atoms with Crippen molar-refractivity contribution in [3.05, 3.63) is 17.0 Å². The van der Waals surface area contributed by atoms with Crippen LogP contribution >= 0.6 is 0 Å². The molecule has 7 nitrogen and oxygen atoms in total. The van der Waals surface area contributed by atoms with Gasteiger partial charge in [-0.05, 0) is 25.2 Å². The Bertz CT molecular complexity index is 771. The smallest absolute Gasteiger partial charge is 0.274 e. The molecule has 0 N–H and O–H groups in total. The van der Waals surface area contributed by atoms with Gasteiger partial charge in [-0.2, -0.15) is 5.10 Å². The minimum Gasteiger partial charge on any atom is -0.370 e. The highest BCUT2D eigenvalue weighted by atomic mass is 16.5. The first-order chi connectivity index (χ1) is 13.9. The Kier molecular flexibility index (Phi) is 5.69. The first kappa shape index (κ1) is 20.4. The normalized spacial score (nSPS) is 21.4. The monoisotopic (exact) mass is 402 g/mol. The average molecular weight is 403 g/mol. The fraction of sp³-hybridized carbons (Fsp3) is 0.773. The molecule has 0 bridgehead atoms. The van der Waals surface area contributed by atoms with Crippen molar-refractivity contribution in [3.63, 3.8) is 0 Å². The van der Waals surface area contributed by atoms with Crippen molar-refractivity contribution >= 4 is 11.8 Å². The molecule has 0 unspecified atom stereocenters. The van der Waals surface area contributed by atoms with Crippen molar-refractivity contribution < 1.29 is 14.3 Å². The highest BCUT2D eigenvalue weighted by Crippen LogP contribution is 2.37. The SMILES string of the molecule is CN(C)C(=O)c1nn(C)c2c1COC1(CCN(C(=O)CCC3CCCC3)CC1)C2. The van der Waals surface area contributed by atoms with Gasteiger partial charge in [0.05, 0.1) is 12.2 Å². The van der Waals surface area contributed by atoms with E-state index in [1.807, 2.05) is 16.6 Å². The molecule has 3 aliphatic rings. The minimum absolute atomic E-state index is 0.0796. The molecule has 0 aromatic carbocycles. The number of hydrogen-bond acceptors (Lipinski definition) is 4. The van der Waals surface area contributed by atoms with Crippen LogP contribution in [0.15, 0.2) is 0 Å². The Hall–Kier alpha value is -1.89. The van der Waals surface area contributed by atoms with Gasteiger partial charge in [0.1, 0.15) is 0 Å². The van der Waals surface area contributed by atoms with Crippen LogP contribution in [-0.2, 0) is 29.6 Å². The maximum atomic E-state index is 12.6. The molecule has 1 aromatic rings. The molecule has 4 rings (SSSR count). The van der Waals surface area contributed by atoms with Gasteiger partial charge in [-0.1, -0.05) is 25.7 Å². The number of fused-ring (bicyclic) bond motifs is 1. The van der Waals surface area contributed by atoms with Gasteiger partial charge in [-0.15, -0.1) is 0 Å². The number of piperidine rings is 1. The van der Waals surface area contributed by atoms with Crippen LogP contribution in [0.5, 0.6) is 0 Å². The number of ether oxygens (including phenoxy) is 1. The second-order valence-corrected chi connectivity index (χ2v) is 9.32. The molecule has 160 valence electrons. The number of carbonyl (C=O) groups excluding carboxylic acids is 2. The maximum Gasteiger partial charge on any atom is 0.274 e. The largest absolute Gasteiger partial charge is 0.370 e. The lowest BCUT2D eigenvalue weighted by molar-refractivity contribution is -0.141. The summed E-state index contributed by atoms with van der Waals surface area (Å²) in [6.07, 6.45) is 9.48. The van der Waals surface area contributed by atoms with E-state index >= 15 is 0 Å². The second kappa shape index (κ2) is 8.09. The van der Waals surface area contributed by atoms with E-state index in [2.05, 4.69) is 5.10 Å².